The molecule has 106 valence electrons. The van der Waals surface area contributed by atoms with Crippen molar-refractivity contribution >= 4 is 0 Å². The van der Waals surface area contributed by atoms with Gasteiger partial charge in [0.05, 0.1) is 6.61 Å². The molecule has 2 aliphatic carbocycles. The zero-order valence-electron chi connectivity index (χ0n) is 11.9. The maximum absolute atomic E-state index is 5.11. The van der Waals surface area contributed by atoms with Crippen molar-refractivity contribution in [3.05, 3.63) is 12.2 Å². The number of aryl methyl sites for hydroxylation is 1. The van der Waals surface area contributed by atoms with Crippen molar-refractivity contribution in [3.63, 3.8) is 0 Å². The van der Waals surface area contributed by atoms with Gasteiger partial charge in [-0.25, -0.2) is 4.98 Å². The summed E-state index contributed by atoms with van der Waals surface area (Å²) < 4.78 is 7.02. The van der Waals surface area contributed by atoms with Gasteiger partial charge in [0.25, 0.3) is 0 Å². The first-order chi connectivity index (χ1) is 9.22. The van der Waals surface area contributed by atoms with E-state index in [2.05, 4.69) is 15.4 Å². The topological polar surface area (TPSA) is 52.0 Å². The number of methoxy groups -OCH3 is 1. The number of hydrogen-bond donors (Lipinski definition) is 1. The molecular weight excluding hydrogens is 240 g/mol. The van der Waals surface area contributed by atoms with E-state index in [-0.39, 0.29) is 0 Å². The van der Waals surface area contributed by atoms with E-state index < -0.39 is 0 Å². The van der Waals surface area contributed by atoms with E-state index in [1.807, 2.05) is 11.7 Å². The normalized spacial score (nSPS) is 32.5. The zero-order valence-corrected chi connectivity index (χ0v) is 11.9. The zero-order chi connectivity index (χ0) is 13.3. The molecule has 0 aromatic carbocycles. The predicted octanol–water partition coefficient (Wildman–Crippen LogP) is 1.01. The van der Waals surface area contributed by atoms with Crippen LogP contribution in [0.15, 0.2) is 6.33 Å². The van der Waals surface area contributed by atoms with E-state index in [1.54, 1.807) is 13.4 Å². The fourth-order valence-corrected chi connectivity index (χ4v) is 3.70. The second-order valence-electron chi connectivity index (χ2n) is 6.31. The molecule has 5 heteroatoms. The Labute approximate surface area is 114 Å². The Balaban J connectivity index is 1.62. The lowest BCUT2D eigenvalue weighted by Gasteiger charge is -2.31. The van der Waals surface area contributed by atoms with Crippen molar-refractivity contribution in [3.8, 4) is 0 Å². The molecule has 3 rings (SSSR count). The van der Waals surface area contributed by atoms with Gasteiger partial charge in [0.1, 0.15) is 12.2 Å². The lowest BCUT2D eigenvalue weighted by Crippen LogP contribution is -2.37. The van der Waals surface area contributed by atoms with Crippen molar-refractivity contribution in [2.45, 2.75) is 25.7 Å². The van der Waals surface area contributed by atoms with Crippen molar-refractivity contribution in [1.29, 1.82) is 0 Å². The molecule has 0 aliphatic heterocycles. The molecule has 2 aliphatic rings. The van der Waals surface area contributed by atoms with Crippen LogP contribution in [0.1, 0.15) is 25.1 Å². The third kappa shape index (κ3) is 2.82. The number of rotatable bonds is 7. The molecule has 1 aromatic rings. The molecular formula is C14H24N4O. The van der Waals surface area contributed by atoms with Crippen molar-refractivity contribution in [2.75, 3.05) is 26.8 Å². The number of ether oxygens (including phenoxy) is 1. The minimum Gasteiger partial charge on any atom is -0.383 e. The maximum Gasteiger partial charge on any atom is 0.138 e. The van der Waals surface area contributed by atoms with Gasteiger partial charge in [0.2, 0.25) is 0 Å². The van der Waals surface area contributed by atoms with Gasteiger partial charge in [0, 0.05) is 33.7 Å². The summed E-state index contributed by atoms with van der Waals surface area (Å²) in [6.45, 7) is 2.80. The molecule has 2 saturated carbocycles. The highest BCUT2D eigenvalue weighted by Gasteiger charge is 2.53. The molecule has 1 aromatic heterocycles. The first-order valence-corrected chi connectivity index (χ1v) is 7.25. The first kappa shape index (κ1) is 13.1. The number of nitrogens with zero attached hydrogens (tertiary/aromatic N) is 3. The summed E-state index contributed by atoms with van der Waals surface area (Å²) in [4.78, 5) is 4.41. The summed E-state index contributed by atoms with van der Waals surface area (Å²) in [5.41, 5.74) is 0.391. The summed E-state index contributed by atoms with van der Waals surface area (Å²) in [6.07, 6.45) is 6.88. The SMILES string of the molecule is COCCNCC1(Cc2ncnn2C)CC2CC2C1. The number of aromatic nitrogens is 3. The quantitative estimate of drug-likeness (QED) is 0.747. The Kier molecular flexibility index (Phi) is 3.58. The van der Waals surface area contributed by atoms with Crippen LogP contribution in [-0.2, 0) is 18.2 Å². The monoisotopic (exact) mass is 264 g/mol. The molecule has 5 nitrogen and oxygen atoms in total. The molecule has 0 amide bonds. The van der Waals surface area contributed by atoms with E-state index in [0.717, 1.165) is 43.8 Å². The van der Waals surface area contributed by atoms with Crippen LogP contribution in [0.4, 0.5) is 0 Å². The van der Waals surface area contributed by atoms with E-state index in [9.17, 15) is 0 Å². The molecule has 2 fully saturated rings. The third-order valence-electron chi connectivity index (χ3n) is 4.78. The molecule has 0 radical (unpaired) electrons. The average Bonchev–Trinajstić information content (AvgIpc) is 2.81. The van der Waals surface area contributed by atoms with Crippen LogP contribution in [0, 0.1) is 17.3 Å². The molecule has 1 N–H and O–H groups in total. The lowest BCUT2D eigenvalue weighted by molar-refractivity contribution is 0.185. The van der Waals surface area contributed by atoms with Gasteiger partial charge < -0.3 is 10.1 Å². The molecule has 0 bridgehead atoms. The molecule has 2 atom stereocenters. The number of fused-ring (bicyclic) bond motifs is 1. The molecule has 19 heavy (non-hydrogen) atoms. The van der Waals surface area contributed by atoms with Gasteiger partial charge in [-0.15, -0.1) is 0 Å². The predicted molar refractivity (Wildman–Crippen MR) is 72.7 cm³/mol. The summed E-state index contributed by atoms with van der Waals surface area (Å²) in [5.74, 6) is 3.09. The highest BCUT2D eigenvalue weighted by Crippen LogP contribution is 2.60. The average molecular weight is 264 g/mol. The first-order valence-electron chi connectivity index (χ1n) is 7.25. The van der Waals surface area contributed by atoms with E-state index in [4.69, 9.17) is 4.74 Å². The Morgan fingerprint density at radius 2 is 2.26 bits per heavy atom. The van der Waals surface area contributed by atoms with Crippen LogP contribution >= 0.6 is 0 Å². The van der Waals surface area contributed by atoms with E-state index >= 15 is 0 Å². The number of hydrogen-bond acceptors (Lipinski definition) is 4. The van der Waals surface area contributed by atoms with Crippen LogP contribution in [0.25, 0.3) is 0 Å². The highest BCUT2D eigenvalue weighted by atomic mass is 16.5. The van der Waals surface area contributed by atoms with E-state index in [0.29, 0.717) is 5.41 Å². The fourth-order valence-electron chi connectivity index (χ4n) is 3.70. The van der Waals surface area contributed by atoms with Crippen molar-refractivity contribution in [1.82, 2.24) is 20.1 Å². The van der Waals surface area contributed by atoms with Crippen LogP contribution in [0.2, 0.25) is 0 Å². The minimum absolute atomic E-state index is 0.391. The standard InChI is InChI=1S/C14H24N4O/c1-18-13(16-10-17-18)8-14(9-15-3-4-19-2)6-11-5-12(11)7-14/h10-12,15H,3-9H2,1-2H3. The molecule has 1 heterocycles. The molecule has 0 saturated heterocycles. The van der Waals surface area contributed by atoms with E-state index in [1.165, 1.54) is 19.3 Å². The third-order valence-corrected chi connectivity index (χ3v) is 4.78. The molecule has 2 unspecified atom stereocenters. The Bertz CT molecular complexity index is 421. The van der Waals surface area contributed by atoms with Crippen LogP contribution in [0.5, 0.6) is 0 Å². The Morgan fingerprint density at radius 3 is 2.89 bits per heavy atom. The molecule has 0 spiro atoms. The summed E-state index contributed by atoms with van der Waals surface area (Å²) in [6, 6.07) is 0. The smallest absolute Gasteiger partial charge is 0.138 e. The second kappa shape index (κ2) is 5.21. The number of nitrogens with one attached hydrogen (secondary N) is 1. The van der Waals surface area contributed by atoms with Crippen molar-refractivity contribution < 1.29 is 4.74 Å². The summed E-state index contributed by atoms with van der Waals surface area (Å²) >= 11 is 0. The van der Waals surface area contributed by atoms with Crippen LogP contribution in [-0.4, -0.2) is 41.6 Å². The van der Waals surface area contributed by atoms with Crippen LogP contribution < -0.4 is 5.32 Å². The second-order valence-corrected chi connectivity index (χ2v) is 6.31. The van der Waals surface area contributed by atoms with Gasteiger partial charge in [0.15, 0.2) is 0 Å². The van der Waals surface area contributed by atoms with Crippen molar-refractivity contribution in [2.24, 2.45) is 24.3 Å². The highest BCUT2D eigenvalue weighted by molar-refractivity contribution is 5.07. The van der Waals surface area contributed by atoms with Gasteiger partial charge in [-0.3, -0.25) is 4.68 Å². The van der Waals surface area contributed by atoms with Gasteiger partial charge >= 0.3 is 0 Å². The minimum atomic E-state index is 0.391. The lowest BCUT2D eigenvalue weighted by atomic mass is 9.79. The van der Waals surface area contributed by atoms with Gasteiger partial charge in [-0.2, -0.15) is 5.10 Å². The maximum atomic E-state index is 5.11. The Morgan fingerprint density at radius 1 is 1.47 bits per heavy atom. The van der Waals surface area contributed by atoms with Crippen LogP contribution in [0.3, 0.4) is 0 Å². The fraction of sp³-hybridized carbons (Fsp3) is 0.857. The largest absolute Gasteiger partial charge is 0.383 e. The summed E-state index contributed by atoms with van der Waals surface area (Å²) in [5, 5.41) is 7.75. The van der Waals surface area contributed by atoms with Gasteiger partial charge in [-0.05, 0) is 36.5 Å². The summed E-state index contributed by atoms with van der Waals surface area (Å²) in [7, 11) is 3.74. The van der Waals surface area contributed by atoms with Gasteiger partial charge in [-0.1, -0.05) is 0 Å². The Hall–Kier alpha value is -0.940.